The molecule has 0 aliphatic heterocycles. The molecule has 0 radical (unpaired) electrons. The summed E-state index contributed by atoms with van der Waals surface area (Å²) >= 11 is 0. The zero-order valence-electron chi connectivity index (χ0n) is 21.8. The highest BCUT2D eigenvalue weighted by Crippen LogP contribution is 2.41. The molecule has 1 aliphatic rings. The summed E-state index contributed by atoms with van der Waals surface area (Å²) in [6.07, 6.45) is 3.39. The first-order valence-corrected chi connectivity index (χ1v) is 13.2. The van der Waals surface area contributed by atoms with Gasteiger partial charge in [-0.2, -0.15) is 18.3 Å². The van der Waals surface area contributed by atoms with Crippen LogP contribution in [0.2, 0.25) is 0 Å². The van der Waals surface area contributed by atoms with E-state index in [0.717, 1.165) is 43.0 Å². The number of primary amides is 1. The van der Waals surface area contributed by atoms with Gasteiger partial charge in [-0.1, -0.05) is 49.6 Å². The number of carbonyl (C=O) groups is 1. The van der Waals surface area contributed by atoms with Crippen LogP contribution in [0.4, 0.5) is 18.9 Å². The molecule has 1 aliphatic carbocycles. The fourth-order valence-corrected chi connectivity index (χ4v) is 5.71. The van der Waals surface area contributed by atoms with Crippen molar-refractivity contribution in [2.75, 3.05) is 11.9 Å². The maximum absolute atomic E-state index is 14.4. The number of nitrogens with zero attached hydrogens (tertiary/aromatic N) is 5. The van der Waals surface area contributed by atoms with Crippen molar-refractivity contribution in [2.45, 2.75) is 44.3 Å². The van der Waals surface area contributed by atoms with Gasteiger partial charge in [0.1, 0.15) is 0 Å². The Hall–Kier alpha value is -4.47. The summed E-state index contributed by atoms with van der Waals surface area (Å²) in [7, 11) is 1.87. The van der Waals surface area contributed by atoms with E-state index < -0.39 is 17.8 Å². The first-order chi connectivity index (χ1) is 19.2. The molecule has 1 amide bonds. The number of benzene rings is 2. The molecule has 204 valence electrons. The van der Waals surface area contributed by atoms with E-state index in [2.05, 4.69) is 15.1 Å². The van der Waals surface area contributed by atoms with Gasteiger partial charge in [0.15, 0.2) is 11.4 Å². The molecule has 7 nitrogen and oxygen atoms in total. The average Bonchev–Trinajstić information content (AvgIpc) is 3.37. The number of nitrogens with two attached hydrogens (primary N) is 1. The van der Waals surface area contributed by atoms with Crippen LogP contribution in [0.1, 0.15) is 48.3 Å². The van der Waals surface area contributed by atoms with Crippen molar-refractivity contribution in [1.82, 2.24) is 19.7 Å². The van der Waals surface area contributed by atoms with Gasteiger partial charge in [0.2, 0.25) is 0 Å². The summed E-state index contributed by atoms with van der Waals surface area (Å²) in [5, 5.41) is 4.85. The molecule has 0 unspecified atom stereocenters. The molecule has 5 aromatic rings. The van der Waals surface area contributed by atoms with Crippen LogP contribution in [0.25, 0.3) is 38.6 Å². The second-order valence-corrected chi connectivity index (χ2v) is 10.2. The minimum absolute atomic E-state index is 0.0340. The molecule has 2 N–H and O–H groups in total. The molecule has 10 heteroatoms. The maximum atomic E-state index is 14.4. The van der Waals surface area contributed by atoms with E-state index in [1.54, 1.807) is 30.5 Å². The SMILES string of the molecule is CN(c1cc(-n2nc(C(F)(F)F)c3c(-c4cnc5ccccc5c4)cccc32)cnc1C(N)=O)C1CCCCC1. The third-order valence-electron chi connectivity index (χ3n) is 7.71. The lowest BCUT2D eigenvalue weighted by Gasteiger charge is -2.33. The van der Waals surface area contributed by atoms with Crippen LogP contribution < -0.4 is 10.6 Å². The zero-order valence-corrected chi connectivity index (χ0v) is 21.8. The number of hydrogen-bond acceptors (Lipinski definition) is 5. The van der Waals surface area contributed by atoms with E-state index in [4.69, 9.17) is 5.73 Å². The van der Waals surface area contributed by atoms with Crippen molar-refractivity contribution in [3.63, 3.8) is 0 Å². The first-order valence-electron chi connectivity index (χ1n) is 13.2. The fraction of sp³-hybridized carbons (Fsp3) is 0.267. The average molecular weight is 545 g/mol. The topological polar surface area (TPSA) is 89.9 Å². The smallest absolute Gasteiger partial charge is 0.370 e. The standard InChI is InChI=1S/C30H27F3N6O/c1-38(20-9-3-2-4-10-20)25-15-21(17-36-27(25)29(34)40)39-24-13-7-11-22(26(24)28(37-39)30(31,32)33)19-14-18-8-5-6-12-23(18)35-16-19/h5-8,11-17,20H,2-4,9-10H2,1H3,(H2,34,40). The van der Waals surface area contributed by atoms with Crippen LogP contribution in [-0.4, -0.2) is 38.7 Å². The number of hydrogen-bond donors (Lipinski definition) is 1. The molecular weight excluding hydrogens is 517 g/mol. The van der Waals surface area contributed by atoms with E-state index in [9.17, 15) is 18.0 Å². The van der Waals surface area contributed by atoms with Crippen molar-refractivity contribution in [2.24, 2.45) is 5.73 Å². The highest BCUT2D eigenvalue weighted by Gasteiger charge is 2.38. The molecule has 0 saturated heterocycles. The van der Waals surface area contributed by atoms with Crippen molar-refractivity contribution in [3.8, 4) is 16.8 Å². The van der Waals surface area contributed by atoms with E-state index in [0.29, 0.717) is 22.5 Å². The van der Waals surface area contributed by atoms with Crippen LogP contribution in [-0.2, 0) is 6.18 Å². The summed E-state index contributed by atoms with van der Waals surface area (Å²) in [4.78, 5) is 23.0. The Labute approximate surface area is 228 Å². The van der Waals surface area contributed by atoms with Crippen molar-refractivity contribution < 1.29 is 18.0 Å². The van der Waals surface area contributed by atoms with E-state index in [1.807, 2.05) is 42.3 Å². The number of alkyl halides is 3. The van der Waals surface area contributed by atoms with Crippen LogP contribution in [0.15, 0.2) is 67.0 Å². The highest BCUT2D eigenvalue weighted by molar-refractivity contribution is 6.00. The summed E-state index contributed by atoms with van der Waals surface area (Å²) in [6.45, 7) is 0. The zero-order chi connectivity index (χ0) is 28.0. The van der Waals surface area contributed by atoms with E-state index in [-0.39, 0.29) is 22.6 Å². The van der Waals surface area contributed by atoms with Crippen molar-refractivity contribution in [3.05, 3.63) is 78.4 Å². The van der Waals surface area contributed by atoms with Crippen LogP contribution in [0.3, 0.4) is 0 Å². The summed E-state index contributed by atoms with van der Waals surface area (Å²) in [6, 6.07) is 16.0. The molecule has 3 aromatic heterocycles. The molecule has 0 spiro atoms. The lowest BCUT2D eigenvalue weighted by molar-refractivity contribution is -0.140. The molecule has 0 atom stereocenters. The molecule has 3 heterocycles. The summed E-state index contributed by atoms with van der Waals surface area (Å²) < 4.78 is 44.6. The Bertz CT molecular complexity index is 1740. The molecule has 1 saturated carbocycles. The fourth-order valence-electron chi connectivity index (χ4n) is 5.71. The second-order valence-electron chi connectivity index (χ2n) is 10.2. The number of para-hydroxylation sites is 1. The number of amides is 1. The molecule has 40 heavy (non-hydrogen) atoms. The maximum Gasteiger partial charge on any atom is 0.435 e. The van der Waals surface area contributed by atoms with Crippen LogP contribution in [0.5, 0.6) is 0 Å². The predicted octanol–water partition coefficient (Wildman–Crippen LogP) is 6.52. The van der Waals surface area contributed by atoms with Crippen LogP contribution >= 0.6 is 0 Å². The second kappa shape index (κ2) is 9.93. The Kier molecular flexibility index (Phi) is 6.40. The van der Waals surface area contributed by atoms with Crippen molar-refractivity contribution in [1.29, 1.82) is 0 Å². The number of rotatable bonds is 5. The van der Waals surface area contributed by atoms with Gasteiger partial charge in [0.05, 0.1) is 28.6 Å². The highest BCUT2D eigenvalue weighted by atomic mass is 19.4. The quantitative estimate of drug-likeness (QED) is 0.272. The van der Waals surface area contributed by atoms with Gasteiger partial charge in [-0.25, -0.2) is 9.67 Å². The summed E-state index contributed by atoms with van der Waals surface area (Å²) in [5.74, 6) is -0.698. The number of anilines is 1. The number of fused-ring (bicyclic) bond motifs is 2. The van der Waals surface area contributed by atoms with Gasteiger partial charge < -0.3 is 10.6 Å². The number of halogens is 3. The third kappa shape index (κ3) is 4.53. The van der Waals surface area contributed by atoms with Gasteiger partial charge in [-0.15, -0.1) is 0 Å². The Morgan fingerprint density at radius 3 is 2.52 bits per heavy atom. The Morgan fingerprint density at radius 2 is 1.77 bits per heavy atom. The number of pyridine rings is 2. The van der Waals surface area contributed by atoms with Gasteiger partial charge in [-0.05, 0) is 42.7 Å². The third-order valence-corrected chi connectivity index (χ3v) is 7.71. The summed E-state index contributed by atoms with van der Waals surface area (Å²) in [5.41, 5.74) is 7.42. The van der Waals surface area contributed by atoms with Crippen LogP contribution in [0, 0.1) is 0 Å². The van der Waals surface area contributed by atoms with Crippen molar-refractivity contribution >= 4 is 33.4 Å². The van der Waals surface area contributed by atoms with Gasteiger partial charge in [-0.3, -0.25) is 9.78 Å². The minimum atomic E-state index is -4.72. The van der Waals surface area contributed by atoms with Gasteiger partial charge in [0.25, 0.3) is 5.91 Å². The Balaban J connectivity index is 1.55. The number of aromatic nitrogens is 4. The Morgan fingerprint density at radius 1 is 1.00 bits per heavy atom. The van der Waals surface area contributed by atoms with Gasteiger partial charge >= 0.3 is 6.18 Å². The molecule has 6 rings (SSSR count). The lowest BCUT2D eigenvalue weighted by Crippen LogP contribution is -2.35. The first kappa shape index (κ1) is 25.8. The predicted molar refractivity (Wildman–Crippen MR) is 148 cm³/mol. The van der Waals surface area contributed by atoms with Gasteiger partial charge in [0, 0.05) is 35.6 Å². The molecular formula is C30H27F3N6O. The van der Waals surface area contributed by atoms with E-state index in [1.165, 1.54) is 10.9 Å². The normalized spacial score (nSPS) is 14.6. The molecule has 2 aromatic carbocycles. The minimum Gasteiger partial charge on any atom is -0.370 e. The largest absolute Gasteiger partial charge is 0.435 e. The lowest BCUT2D eigenvalue weighted by atomic mass is 9.94. The molecule has 0 bridgehead atoms. The molecule has 1 fully saturated rings. The monoisotopic (exact) mass is 544 g/mol. The van der Waals surface area contributed by atoms with E-state index >= 15 is 0 Å². The number of carbonyl (C=O) groups excluding carboxylic acids is 1.